The minimum atomic E-state index is 0.752. The summed E-state index contributed by atoms with van der Waals surface area (Å²) in [6, 6.07) is 171. The first-order valence-corrected chi connectivity index (χ1v) is 42.8. The molecule has 125 heavy (non-hydrogen) atoms. The maximum Gasteiger partial charge on any atom is 0.111 e. The minimum Gasteiger partial charge on any atom is -0.356 e. The van der Waals surface area contributed by atoms with Gasteiger partial charge in [-0.15, -0.1) is 0 Å². The van der Waals surface area contributed by atoms with Crippen LogP contribution in [0.15, 0.2) is 504 Å². The van der Waals surface area contributed by atoms with Crippen LogP contribution in [0.3, 0.4) is 0 Å². The van der Waals surface area contributed by atoms with Gasteiger partial charge in [0.2, 0.25) is 0 Å². The first-order valence-electron chi connectivity index (χ1n) is 42.4. The third-order valence-electron chi connectivity index (χ3n) is 23.5. The Hall–Kier alpha value is -16.2. The Balaban J connectivity index is 0.000000132. The fourth-order valence-electron chi connectivity index (χ4n) is 17.4. The molecule has 1 N–H and O–H groups in total. The second-order valence-corrected chi connectivity index (χ2v) is 31.6. The second kappa shape index (κ2) is 35.6. The van der Waals surface area contributed by atoms with Crippen molar-refractivity contribution >= 4 is 89.2 Å². The molecule has 1 aliphatic carbocycles. The molecule has 19 aromatic carbocycles. The SMILES string of the molecule is Clc1ccc(-c2ccc(-c3ccccc3)c(C3=CC=C[C+]=C3)c2)cc1.c1ccc(-c2ccc(N(c3ccc(-c4ccc(-c5ccccc5)c(-c5ccccc5)c4)cc3)c3ccc(-c4ccccc4-n4c5ccccc5c5ccccc54)cc3)cc2)cc1.c1ccc(-c2ccc(Nc3ccc(-c4ccccc4-n4c5ccccc5c5ccccc54)cc3)cc2)cc1. The summed E-state index contributed by atoms with van der Waals surface area (Å²) >= 11 is 6.03. The molecule has 0 radical (unpaired) electrons. The highest BCUT2D eigenvalue weighted by atomic mass is 35.5. The Kier molecular flexibility index (Phi) is 22.1. The van der Waals surface area contributed by atoms with Gasteiger partial charge in [-0.1, -0.05) is 370 Å². The number of aromatic nitrogens is 2. The van der Waals surface area contributed by atoms with Crippen LogP contribution in [-0.4, -0.2) is 9.13 Å². The molecule has 0 unspecified atom stereocenters. The van der Waals surface area contributed by atoms with Gasteiger partial charge in [0.05, 0.1) is 45.1 Å². The summed E-state index contributed by atoms with van der Waals surface area (Å²) in [5.41, 5.74) is 36.5. The van der Waals surface area contributed by atoms with Gasteiger partial charge in [0, 0.05) is 89.4 Å². The summed E-state index contributed by atoms with van der Waals surface area (Å²) in [5.74, 6) is 0. The molecule has 0 aliphatic heterocycles. The van der Waals surface area contributed by atoms with Crippen LogP contribution in [0.5, 0.6) is 0 Å². The van der Waals surface area contributed by atoms with Gasteiger partial charge in [0.15, 0.2) is 0 Å². The smallest absolute Gasteiger partial charge is 0.111 e. The number of rotatable bonds is 17. The van der Waals surface area contributed by atoms with Crippen molar-refractivity contribution in [3.05, 3.63) is 520 Å². The molecular formula is C120H84ClN4+. The number of anilines is 5. The Morgan fingerprint density at radius 2 is 0.504 bits per heavy atom. The standard InChI is InChI=1S/C60H42N2.C36H26N2.C24H16Cl/c1-4-16-43(17-5-1)44-28-35-50(36-29-44)61(51-37-30-45(31-38-51)49-34-41-53(46-18-6-2-7-19-46)57(42-49)47-20-8-3-9-21-47)52-39-32-48(33-40-52)54-22-10-13-25-58(54)62-59-26-14-11-23-55(59)56-24-12-15-27-60(56)62;1-2-10-26(11-3-1)27-18-22-29(23-19-27)37-30-24-20-28(21-25-30)31-12-4-7-15-34(31)38-35-16-8-5-13-32(35)33-14-6-9-17-36(33)38;25-22-14-11-18(12-15-22)21-13-16-23(19-7-3-1-4-8-19)24(17-21)20-9-5-2-6-10-20/h1-42H;1-25,37H;1-5,7-17H/q;;+1. The summed E-state index contributed by atoms with van der Waals surface area (Å²) in [7, 11) is 0. The third-order valence-corrected chi connectivity index (χ3v) is 23.8. The number of halogens is 1. The van der Waals surface area contributed by atoms with E-state index in [9.17, 15) is 0 Å². The van der Waals surface area contributed by atoms with Crippen LogP contribution in [0.2, 0.25) is 5.02 Å². The van der Waals surface area contributed by atoms with Gasteiger partial charge in [0.1, 0.15) is 12.2 Å². The van der Waals surface area contributed by atoms with Crippen molar-refractivity contribution < 1.29 is 0 Å². The second-order valence-electron chi connectivity index (χ2n) is 31.2. The van der Waals surface area contributed by atoms with Gasteiger partial charge in [-0.05, 0) is 205 Å². The zero-order valence-corrected chi connectivity index (χ0v) is 69.4. The van der Waals surface area contributed by atoms with E-state index in [4.69, 9.17) is 11.6 Å². The molecule has 0 amide bonds. The lowest BCUT2D eigenvalue weighted by Gasteiger charge is -2.26. The van der Waals surface area contributed by atoms with Crippen molar-refractivity contribution in [1.82, 2.24) is 9.13 Å². The largest absolute Gasteiger partial charge is 0.356 e. The summed E-state index contributed by atoms with van der Waals surface area (Å²) in [6.45, 7) is 0. The van der Waals surface area contributed by atoms with Gasteiger partial charge in [0.25, 0.3) is 0 Å². The number of nitrogens with one attached hydrogen (secondary N) is 1. The van der Waals surface area contributed by atoms with Gasteiger partial charge >= 0.3 is 0 Å². The van der Waals surface area contributed by atoms with E-state index in [0.717, 1.165) is 55.8 Å². The molecule has 21 aromatic rings. The van der Waals surface area contributed by atoms with Gasteiger partial charge in [-0.25, -0.2) is 0 Å². The number of nitrogens with zero attached hydrogens (tertiary/aromatic N) is 3. The summed E-state index contributed by atoms with van der Waals surface area (Å²) in [4.78, 5) is 2.36. The average Bonchev–Trinajstić information content (AvgIpc) is 1.60. The molecule has 0 atom stereocenters. The van der Waals surface area contributed by atoms with Gasteiger partial charge < -0.3 is 19.4 Å². The molecule has 4 nitrogen and oxygen atoms in total. The maximum absolute atomic E-state index is 6.03. The van der Waals surface area contributed by atoms with Gasteiger partial charge in [-0.2, -0.15) is 0 Å². The molecule has 22 rings (SSSR count). The van der Waals surface area contributed by atoms with E-state index in [-0.39, 0.29) is 0 Å². The zero-order valence-electron chi connectivity index (χ0n) is 68.6. The Labute approximate surface area is 735 Å². The molecular weight excluding hydrogens is 1530 g/mol. The molecule has 0 saturated carbocycles. The lowest BCUT2D eigenvalue weighted by atomic mass is 9.90. The number of benzene rings is 19. The van der Waals surface area contributed by atoms with Crippen LogP contribution in [0.1, 0.15) is 5.56 Å². The van der Waals surface area contributed by atoms with E-state index < -0.39 is 0 Å². The van der Waals surface area contributed by atoms with Crippen LogP contribution in [0.4, 0.5) is 28.4 Å². The Morgan fingerprint density at radius 3 is 0.896 bits per heavy atom. The van der Waals surface area contributed by atoms with E-state index in [1.54, 1.807) is 0 Å². The highest BCUT2D eigenvalue weighted by Crippen LogP contribution is 2.44. The first-order chi connectivity index (χ1) is 61.9. The maximum atomic E-state index is 6.03. The van der Waals surface area contributed by atoms with E-state index in [0.29, 0.717) is 0 Å². The number of hydrogen-bond donors (Lipinski definition) is 1. The van der Waals surface area contributed by atoms with Crippen LogP contribution in [0, 0.1) is 6.08 Å². The molecule has 590 valence electrons. The normalized spacial score (nSPS) is 11.5. The van der Waals surface area contributed by atoms with Crippen LogP contribution < -0.4 is 10.2 Å². The fraction of sp³-hybridized carbons (Fsp3) is 0. The Bertz CT molecular complexity index is 7360. The highest BCUT2D eigenvalue weighted by Gasteiger charge is 2.22. The van der Waals surface area contributed by atoms with Crippen molar-refractivity contribution in [2.45, 2.75) is 0 Å². The Morgan fingerprint density at radius 1 is 0.224 bits per heavy atom. The molecule has 0 fully saturated rings. The number of hydrogen-bond acceptors (Lipinski definition) is 2. The molecule has 5 heteroatoms. The van der Waals surface area contributed by atoms with Crippen LogP contribution in [-0.2, 0) is 0 Å². The summed E-state index contributed by atoms with van der Waals surface area (Å²) in [5, 5.41) is 9.36. The van der Waals surface area contributed by atoms with E-state index in [1.165, 1.54) is 144 Å². The molecule has 1 aliphatic rings. The predicted octanol–water partition coefficient (Wildman–Crippen LogP) is 33.4. The molecule has 2 aromatic heterocycles. The fourth-order valence-corrected chi connectivity index (χ4v) is 17.6. The molecule has 0 saturated heterocycles. The molecule has 0 bridgehead atoms. The van der Waals surface area contributed by atoms with Crippen molar-refractivity contribution in [1.29, 1.82) is 0 Å². The van der Waals surface area contributed by atoms with Crippen LogP contribution >= 0.6 is 11.6 Å². The first kappa shape index (κ1) is 77.4. The number of fused-ring (bicyclic) bond motifs is 6. The highest BCUT2D eigenvalue weighted by molar-refractivity contribution is 6.30. The summed E-state index contributed by atoms with van der Waals surface area (Å²) < 4.78 is 4.80. The van der Waals surface area contributed by atoms with Crippen molar-refractivity contribution in [3.63, 3.8) is 0 Å². The lowest BCUT2D eigenvalue weighted by molar-refractivity contribution is 1.18. The molecule has 0 spiro atoms. The molecule has 2 heterocycles. The number of para-hydroxylation sites is 6. The minimum absolute atomic E-state index is 0.752. The van der Waals surface area contributed by atoms with Crippen molar-refractivity contribution in [3.8, 4) is 112 Å². The average molecular weight is 1620 g/mol. The zero-order chi connectivity index (χ0) is 83.6. The van der Waals surface area contributed by atoms with Crippen LogP contribution in [0.25, 0.3) is 161 Å². The summed E-state index contributed by atoms with van der Waals surface area (Å²) in [6.07, 6.45) is 11.3. The predicted molar refractivity (Wildman–Crippen MR) is 531 cm³/mol. The van der Waals surface area contributed by atoms with E-state index in [1.807, 2.05) is 42.5 Å². The number of allylic oxidation sites excluding steroid dienone is 6. The topological polar surface area (TPSA) is 25.1 Å². The van der Waals surface area contributed by atoms with Crippen molar-refractivity contribution in [2.75, 3.05) is 10.2 Å². The van der Waals surface area contributed by atoms with E-state index >= 15 is 0 Å². The lowest BCUT2D eigenvalue weighted by Crippen LogP contribution is -2.09. The van der Waals surface area contributed by atoms with E-state index in [2.05, 4.69) is 486 Å². The monoisotopic (exact) mass is 1620 g/mol. The van der Waals surface area contributed by atoms with Gasteiger partial charge in [-0.3, -0.25) is 0 Å². The third kappa shape index (κ3) is 16.3. The quantitative estimate of drug-likeness (QED) is 0.0919. The van der Waals surface area contributed by atoms with Crippen molar-refractivity contribution in [2.24, 2.45) is 0 Å².